The van der Waals surface area contributed by atoms with Gasteiger partial charge in [0.1, 0.15) is 0 Å². The Labute approximate surface area is 168 Å². The van der Waals surface area contributed by atoms with Gasteiger partial charge in [-0.15, -0.1) is 0 Å². The molecule has 28 heavy (non-hydrogen) atoms. The van der Waals surface area contributed by atoms with Crippen LogP contribution >= 0.6 is 0 Å². The molecule has 150 valence electrons. The van der Waals surface area contributed by atoms with Crippen molar-refractivity contribution in [1.29, 1.82) is 0 Å². The van der Waals surface area contributed by atoms with Crippen LogP contribution in [0, 0.1) is 0 Å². The van der Waals surface area contributed by atoms with Gasteiger partial charge < -0.3 is 10.6 Å². The van der Waals surface area contributed by atoms with Gasteiger partial charge in [-0.1, -0.05) is 73.5 Å². The Morgan fingerprint density at radius 3 is 1.36 bits per heavy atom. The predicted molar refractivity (Wildman–Crippen MR) is 114 cm³/mol. The first-order valence-electron chi connectivity index (χ1n) is 10.4. The van der Waals surface area contributed by atoms with Crippen molar-refractivity contribution in [3.8, 4) is 0 Å². The lowest BCUT2D eigenvalue weighted by molar-refractivity contribution is -0.122. The summed E-state index contributed by atoms with van der Waals surface area (Å²) in [6.45, 7) is 1.37. The minimum atomic E-state index is 0.120. The third-order valence-electron chi connectivity index (χ3n) is 4.72. The highest BCUT2D eigenvalue weighted by Crippen LogP contribution is 2.06. The van der Waals surface area contributed by atoms with E-state index in [2.05, 4.69) is 34.9 Å². The molecule has 0 unspecified atom stereocenters. The van der Waals surface area contributed by atoms with Crippen LogP contribution in [0.25, 0.3) is 0 Å². The van der Waals surface area contributed by atoms with Crippen LogP contribution in [0.5, 0.6) is 0 Å². The molecule has 0 saturated carbocycles. The number of unbranched alkanes of at least 4 members (excludes halogenated alkanes) is 3. The van der Waals surface area contributed by atoms with E-state index in [-0.39, 0.29) is 11.8 Å². The molecule has 0 aliphatic heterocycles. The maximum absolute atomic E-state index is 11.8. The van der Waals surface area contributed by atoms with Gasteiger partial charge in [0, 0.05) is 25.9 Å². The fourth-order valence-corrected chi connectivity index (χ4v) is 3.08. The Morgan fingerprint density at radius 1 is 0.571 bits per heavy atom. The first kappa shape index (κ1) is 21.7. The van der Waals surface area contributed by atoms with Crippen LogP contribution in [0.15, 0.2) is 60.7 Å². The molecule has 0 spiro atoms. The molecule has 4 nitrogen and oxygen atoms in total. The normalized spacial score (nSPS) is 10.4. The van der Waals surface area contributed by atoms with Gasteiger partial charge in [0.15, 0.2) is 0 Å². The third kappa shape index (κ3) is 9.91. The van der Waals surface area contributed by atoms with E-state index in [1.807, 2.05) is 36.4 Å². The van der Waals surface area contributed by atoms with Crippen LogP contribution < -0.4 is 10.6 Å². The van der Waals surface area contributed by atoms with Gasteiger partial charge in [-0.05, 0) is 36.8 Å². The van der Waals surface area contributed by atoms with Gasteiger partial charge >= 0.3 is 0 Å². The topological polar surface area (TPSA) is 58.2 Å². The van der Waals surface area contributed by atoms with Crippen molar-refractivity contribution < 1.29 is 9.59 Å². The molecule has 0 aliphatic rings. The molecule has 0 radical (unpaired) electrons. The summed E-state index contributed by atoms with van der Waals surface area (Å²) in [4.78, 5) is 23.7. The first-order valence-corrected chi connectivity index (χ1v) is 10.4. The Morgan fingerprint density at radius 2 is 0.964 bits per heavy atom. The van der Waals surface area contributed by atoms with Gasteiger partial charge in [0.05, 0.1) is 0 Å². The molecule has 0 saturated heterocycles. The summed E-state index contributed by atoms with van der Waals surface area (Å²) in [5, 5.41) is 5.95. The van der Waals surface area contributed by atoms with E-state index in [4.69, 9.17) is 0 Å². The standard InChI is InChI=1S/C24H32N2O2/c27-23(25-19-17-21-11-5-3-6-12-21)15-9-1-2-10-16-24(28)26-20-18-22-13-7-4-8-14-22/h3-8,11-14H,1-2,9-10,15-20H2,(H,25,27)(H,26,28). The van der Waals surface area contributed by atoms with E-state index in [9.17, 15) is 9.59 Å². The largest absolute Gasteiger partial charge is 0.356 e. The molecular formula is C24H32N2O2. The zero-order chi connectivity index (χ0) is 19.9. The zero-order valence-corrected chi connectivity index (χ0v) is 16.7. The van der Waals surface area contributed by atoms with Crippen molar-refractivity contribution in [2.75, 3.05) is 13.1 Å². The van der Waals surface area contributed by atoms with Gasteiger partial charge in [0.2, 0.25) is 11.8 Å². The number of rotatable bonds is 13. The molecule has 2 N–H and O–H groups in total. The molecule has 0 fully saturated rings. The van der Waals surface area contributed by atoms with Gasteiger partial charge in [-0.3, -0.25) is 9.59 Å². The summed E-state index contributed by atoms with van der Waals surface area (Å²) in [5.74, 6) is 0.240. The van der Waals surface area contributed by atoms with Crippen LogP contribution in [0.2, 0.25) is 0 Å². The molecule has 0 aliphatic carbocycles. The first-order chi connectivity index (χ1) is 13.7. The van der Waals surface area contributed by atoms with Crippen LogP contribution in [0.4, 0.5) is 0 Å². The van der Waals surface area contributed by atoms with Crippen molar-refractivity contribution in [2.24, 2.45) is 0 Å². The second-order valence-electron chi connectivity index (χ2n) is 7.09. The fraction of sp³-hybridized carbons (Fsp3) is 0.417. The van der Waals surface area contributed by atoms with E-state index >= 15 is 0 Å². The zero-order valence-electron chi connectivity index (χ0n) is 16.7. The monoisotopic (exact) mass is 380 g/mol. The summed E-state index contributed by atoms with van der Waals surface area (Å²) in [7, 11) is 0. The number of nitrogens with one attached hydrogen (secondary N) is 2. The van der Waals surface area contributed by atoms with Crippen LogP contribution in [0.3, 0.4) is 0 Å². The van der Waals surface area contributed by atoms with E-state index in [1.54, 1.807) is 0 Å². The fourth-order valence-electron chi connectivity index (χ4n) is 3.08. The number of carbonyl (C=O) groups excluding carboxylic acids is 2. The molecule has 0 atom stereocenters. The summed E-state index contributed by atoms with van der Waals surface area (Å²) in [6, 6.07) is 20.3. The second-order valence-corrected chi connectivity index (χ2v) is 7.09. The Hall–Kier alpha value is -2.62. The van der Waals surface area contributed by atoms with Gasteiger partial charge in [-0.25, -0.2) is 0 Å². The SMILES string of the molecule is O=C(CCCCCCC(=O)NCCc1ccccc1)NCCc1ccccc1. The number of hydrogen-bond acceptors (Lipinski definition) is 2. The van der Waals surface area contributed by atoms with Crippen molar-refractivity contribution in [2.45, 2.75) is 51.4 Å². The number of benzene rings is 2. The summed E-state index contributed by atoms with van der Waals surface area (Å²) in [6.07, 6.45) is 6.61. The third-order valence-corrected chi connectivity index (χ3v) is 4.72. The number of hydrogen-bond donors (Lipinski definition) is 2. The number of carbonyl (C=O) groups is 2. The maximum atomic E-state index is 11.8. The molecule has 0 aromatic heterocycles. The average Bonchev–Trinajstić information content (AvgIpc) is 2.72. The molecule has 0 heterocycles. The average molecular weight is 381 g/mol. The van der Waals surface area contributed by atoms with Crippen molar-refractivity contribution >= 4 is 11.8 Å². The summed E-state index contributed by atoms with van der Waals surface area (Å²) in [5.41, 5.74) is 2.48. The van der Waals surface area contributed by atoms with Crippen molar-refractivity contribution in [3.63, 3.8) is 0 Å². The van der Waals surface area contributed by atoms with E-state index in [0.29, 0.717) is 25.9 Å². The van der Waals surface area contributed by atoms with E-state index in [1.165, 1.54) is 11.1 Å². The van der Waals surface area contributed by atoms with Gasteiger partial charge in [-0.2, -0.15) is 0 Å². The Balaban J connectivity index is 1.40. The molecule has 4 heteroatoms. The maximum Gasteiger partial charge on any atom is 0.220 e. The second kappa shape index (κ2) is 13.5. The van der Waals surface area contributed by atoms with E-state index in [0.717, 1.165) is 38.5 Å². The minimum Gasteiger partial charge on any atom is -0.356 e. The Kier molecular flexibility index (Phi) is 10.5. The Bertz CT molecular complexity index is 625. The predicted octanol–water partition coefficient (Wildman–Crippen LogP) is 4.04. The summed E-state index contributed by atoms with van der Waals surface area (Å²) >= 11 is 0. The highest BCUT2D eigenvalue weighted by molar-refractivity contribution is 5.76. The van der Waals surface area contributed by atoms with Crippen molar-refractivity contribution in [1.82, 2.24) is 10.6 Å². The molecule has 0 bridgehead atoms. The molecule has 2 amide bonds. The molecule has 2 aromatic rings. The lowest BCUT2D eigenvalue weighted by atomic mass is 10.1. The van der Waals surface area contributed by atoms with Gasteiger partial charge in [0.25, 0.3) is 0 Å². The lowest BCUT2D eigenvalue weighted by Gasteiger charge is -2.06. The van der Waals surface area contributed by atoms with Crippen molar-refractivity contribution in [3.05, 3.63) is 71.8 Å². The molecular weight excluding hydrogens is 348 g/mol. The molecule has 2 rings (SSSR count). The molecule has 2 aromatic carbocycles. The van der Waals surface area contributed by atoms with Crippen LogP contribution in [0.1, 0.15) is 49.7 Å². The quantitative estimate of drug-likeness (QED) is 0.515. The van der Waals surface area contributed by atoms with Crippen LogP contribution in [-0.2, 0) is 22.4 Å². The highest BCUT2D eigenvalue weighted by atomic mass is 16.2. The highest BCUT2D eigenvalue weighted by Gasteiger charge is 2.03. The summed E-state index contributed by atoms with van der Waals surface area (Å²) < 4.78 is 0. The number of amides is 2. The minimum absolute atomic E-state index is 0.120. The van der Waals surface area contributed by atoms with E-state index < -0.39 is 0 Å². The smallest absolute Gasteiger partial charge is 0.220 e. The van der Waals surface area contributed by atoms with Crippen LogP contribution in [-0.4, -0.2) is 24.9 Å². The lowest BCUT2D eigenvalue weighted by Crippen LogP contribution is -2.25.